The highest BCUT2D eigenvalue weighted by Crippen LogP contribution is 2.48. The van der Waals surface area contributed by atoms with Crippen LogP contribution in [0.3, 0.4) is 0 Å². The molecule has 0 saturated carbocycles. The Morgan fingerprint density at radius 2 is 1.95 bits per heavy atom. The molecule has 0 bridgehead atoms. The van der Waals surface area contributed by atoms with Crippen LogP contribution >= 0.6 is 7.75 Å². The second kappa shape index (κ2) is 11.7. The van der Waals surface area contributed by atoms with Gasteiger partial charge in [-0.2, -0.15) is 5.09 Å². The summed E-state index contributed by atoms with van der Waals surface area (Å²) in [5, 5.41) is 13.1. The first-order chi connectivity index (χ1) is 18.8. The number of halogens is 1. The molecule has 0 amide bonds. The molecule has 2 aliphatic heterocycles. The normalized spacial score (nSPS) is 26.2. The van der Waals surface area contributed by atoms with Crippen molar-refractivity contribution < 1.29 is 46.9 Å². The Balaban J connectivity index is 1.55. The van der Waals surface area contributed by atoms with Gasteiger partial charge in [0, 0.05) is 18.3 Å². The molecule has 0 radical (unpaired) electrons. The smallest absolute Gasteiger partial charge is 0.459 e. The van der Waals surface area contributed by atoms with E-state index in [4.69, 9.17) is 28.0 Å². The number of nitrogens with one attached hydrogen (secondary N) is 2. The molecule has 0 aliphatic carbocycles. The Hall–Kier alpha value is -3.23. The van der Waals surface area contributed by atoms with Crippen molar-refractivity contribution in [2.24, 2.45) is 0 Å². The van der Waals surface area contributed by atoms with E-state index in [2.05, 4.69) is 5.09 Å². The highest BCUT2D eigenvalue weighted by molar-refractivity contribution is 7.52. The maximum absolute atomic E-state index is 15.6. The largest absolute Gasteiger partial charge is 0.486 e. The van der Waals surface area contributed by atoms with Crippen LogP contribution in [0.1, 0.15) is 33.9 Å². The molecule has 14 nitrogen and oxygen atoms in total. The number of fused-ring (bicyclic) bond motifs is 1. The van der Waals surface area contributed by atoms with Gasteiger partial charge in [-0.25, -0.2) is 13.8 Å². The van der Waals surface area contributed by atoms with Gasteiger partial charge in [0.25, 0.3) is 5.56 Å². The lowest BCUT2D eigenvalue weighted by Gasteiger charge is -2.26. The van der Waals surface area contributed by atoms with Crippen LogP contribution in [-0.2, 0) is 23.4 Å². The lowest BCUT2D eigenvalue weighted by Crippen LogP contribution is -2.43. The van der Waals surface area contributed by atoms with Crippen molar-refractivity contribution >= 4 is 13.7 Å². The van der Waals surface area contributed by atoms with Gasteiger partial charge >= 0.3 is 19.4 Å². The molecule has 3 heterocycles. The summed E-state index contributed by atoms with van der Waals surface area (Å²) in [6.45, 7) is 5.64. The first-order valence-corrected chi connectivity index (χ1v) is 14.0. The SMILES string of the molecule is CC(C)OC(=O)[C@H](C)NP(=O)(OC[C@H]1O[C@@H](n2ccc(=O)[nH]c2=O)[C@](C)(F)[C@@H]1O)Oc1ccc2c(c1)OCCO2. The zero-order chi connectivity index (χ0) is 29.2. The topological polar surface area (TPSA) is 177 Å². The van der Waals surface area contributed by atoms with Crippen molar-refractivity contribution in [3.05, 3.63) is 51.3 Å². The number of benzene rings is 1. The van der Waals surface area contributed by atoms with Crippen molar-refractivity contribution in [3.63, 3.8) is 0 Å². The number of esters is 1. The minimum absolute atomic E-state index is 0.0328. The maximum Gasteiger partial charge on any atom is 0.459 e. The number of rotatable bonds is 10. The Morgan fingerprint density at radius 3 is 2.62 bits per heavy atom. The summed E-state index contributed by atoms with van der Waals surface area (Å²) in [5.41, 5.74) is -4.17. The highest BCUT2D eigenvalue weighted by Gasteiger charge is 2.56. The van der Waals surface area contributed by atoms with Gasteiger partial charge in [-0.15, -0.1) is 0 Å². The average Bonchev–Trinajstić information content (AvgIpc) is 3.10. The van der Waals surface area contributed by atoms with Crippen molar-refractivity contribution in [1.82, 2.24) is 14.6 Å². The molecule has 1 saturated heterocycles. The second-order valence-corrected chi connectivity index (χ2v) is 11.4. The average molecular weight is 587 g/mol. The predicted molar refractivity (Wildman–Crippen MR) is 136 cm³/mol. The number of hydrogen-bond donors (Lipinski definition) is 3. The number of H-pyrrole nitrogens is 1. The number of aromatic nitrogens is 2. The molecule has 1 fully saturated rings. The molecule has 2 aliphatic rings. The fourth-order valence-corrected chi connectivity index (χ4v) is 5.56. The summed E-state index contributed by atoms with van der Waals surface area (Å²) in [6, 6.07) is 4.23. The molecule has 1 unspecified atom stereocenters. The summed E-state index contributed by atoms with van der Waals surface area (Å²) >= 11 is 0. The number of aliphatic hydroxyl groups is 1. The Morgan fingerprint density at radius 1 is 1.25 bits per heavy atom. The van der Waals surface area contributed by atoms with Crippen LogP contribution < -0.4 is 30.3 Å². The van der Waals surface area contributed by atoms with Crippen LogP contribution in [0.2, 0.25) is 0 Å². The third kappa shape index (κ3) is 6.56. The van der Waals surface area contributed by atoms with Gasteiger partial charge < -0.3 is 28.6 Å². The van der Waals surface area contributed by atoms with E-state index in [-0.39, 0.29) is 5.75 Å². The van der Waals surface area contributed by atoms with Gasteiger partial charge in [0.05, 0.1) is 12.7 Å². The monoisotopic (exact) mass is 587 g/mol. The number of hydrogen-bond acceptors (Lipinski definition) is 11. The van der Waals surface area contributed by atoms with Gasteiger partial charge in [0.15, 0.2) is 23.4 Å². The number of aromatic amines is 1. The zero-order valence-corrected chi connectivity index (χ0v) is 23.1. The zero-order valence-electron chi connectivity index (χ0n) is 22.2. The molecule has 220 valence electrons. The number of ether oxygens (including phenoxy) is 4. The summed E-state index contributed by atoms with van der Waals surface area (Å²) < 4.78 is 63.1. The molecule has 0 spiro atoms. The fraction of sp³-hybridized carbons (Fsp3) is 0.542. The fourth-order valence-electron chi connectivity index (χ4n) is 4.07. The molecular weight excluding hydrogens is 556 g/mol. The third-order valence-corrected chi connectivity index (χ3v) is 7.67. The van der Waals surface area contributed by atoms with E-state index in [1.165, 1.54) is 25.1 Å². The van der Waals surface area contributed by atoms with Crippen LogP contribution in [-0.4, -0.2) is 70.5 Å². The van der Waals surface area contributed by atoms with Crippen molar-refractivity contribution in [2.45, 2.75) is 63.9 Å². The minimum Gasteiger partial charge on any atom is -0.486 e. The first kappa shape index (κ1) is 29.7. The number of nitrogens with zero attached hydrogens (tertiary/aromatic N) is 1. The molecule has 2 aromatic rings. The molecule has 1 aromatic heterocycles. The molecular formula is C24H31FN3O11P. The first-order valence-electron chi connectivity index (χ1n) is 12.4. The minimum atomic E-state index is -4.44. The molecule has 4 rings (SSSR count). The Kier molecular flexibility index (Phi) is 8.71. The van der Waals surface area contributed by atoms with Crippen molar-refractivity contribution in [1.29, 1.82) is 0 Å². The lowest BCUT2D eigenvalue weighted by molar-refractivity contribution is -0.149. The number of carbonyl (C=O) groups is 1. The van der Waals surface area contributed by atoms with Gasteiger partial charge in [-0.05, 0) is 39.8 Å². The number of alkyl halides is 1. The van der Waals surface area contributed by atoms with Crippen molar-refractivity contribution in [2.75, 3.05) is 19.8 Å². The van der Waals surface area contributed by atoms with E-state index in [1.54, 1.807) is 13.8 Å². The molecule has 16 heteroatoms. The van der Waals surface area contributed by atoms with Crippen LogP contribution in [0.5, 0.6) is 17.2 Å². The summed E-state index contributed by atoms with van der Waals surface area (Å²) in [7, 11) is -4.44. The van der Waals surface area contributed by atoms with Crippen LogP contribution in [0.4, 0.5) is 4.39 Å². The Labute approximate surface area is 227 Å². The van der Waals surface area contributed by atoms with E-state index in [0.717, 1.165) is 23.8 Å². The van der Waals surface area contributed by atoms with Gasteiger partial charge in [0.1, 0.15) is 37.2 Å². The van der Waals surface area contributed by atoms with Gasteiger partial charge in [-0.3, -0.25) is 23.7 Å². The number of aliphatic hydroxyl groups excluding tert-OH is 1. The second-order valence-electron chi connectivity index (χ2n) is 9.67. The van der Waals surface area contributed by atoms with Gasteiger partial charge in [-0.1, -0.05) is 0 Å². The standard InChI is InChI=1S/C24H31FN3O11P/c1-13(2)37-21(31)14(3)27-40(33,39-15-5-6-16-17(11-15)35-10-9-34-16)36-12-18-20(30)24(4,25)22(38-18)28-8-7-19(29)26-23(28)32/h5-8,11,13-14,18,20,22,30H,9-10,12H2,1-4H3,(H,27,33)(H,26,29,32)/t14-,18+,20+,22+,24+,40?/m0/s1. The summed E-state index contributed by atoms with van der Waals surface area (Å²) in [4.78, 5) is 38.0. The number of carbonyl (C=O) groups excluding carboxylic acids is 1. The Bertz CT molecular complexity index is 1390. The van der Waals surface area contributed by atoms with Crippen LogP contribution in [0.25, 0.3) is 0 Å². The maximum atomic E-state index is 15.6. The van der Waals surface area contributed by atoms with E-state index in [0.29, 0.717) is 24.7 Å². The van der Waals surface area contributed by atoms with Crippen molar-refractivity contribution in [3.8, 4) is 17.2 Å². The molecule has 40 heavy (non-hydrogen) atoms. The van der Waals surface area contributed by atoms with E-state index in [9.17, 15) is 24.1 Å². The molecule has 6 atom stereocenters. The van der Waals surface area contributed by atoms with E-state index < -0.39 is 67.8 Å². The highest BCUT2D eigenvalue weighted by atomic mass is 31.2. The van der Waals surface area contributed by atoms with Crippen LogP contribution in [0, 0.1) is 0 Å². The van der Waals surface area contributed by atoms with E-state index in [1.807, 2.05) is 4.98 Å². The van der Waals surface area contributed by atoms with Gasteiger partial charge in [0.2, 0.25) is 0 Å². The third-order valence-electron chi connectivity index (χ3n) is 6.03. The summed E-state index contributed by atoms with van der Waals surface area (Å²) in [5.74, 6) is 0.0740. The van der Waals surface area contributed by atoms with Crippen LogP contribution in [0.15, 0.2) is 40.1 Å². The quantitative estimate of drug-likeness (QED) is 0.270. The lowest BCUT2D eigenvalue weighted by atomic mass is 9.98. The molecule has 1 aromatic carbocycles. The molecule has 3 N–H and O–H groups in total. The summed E-state index contributed by atoms with van der Waals surface area (Å²) in [6.07, 6.45) is -4.35. The van der Waals surface area contributed by atoms with E-state index >= 15 is 4.39 Å². The predicted octanol–water partition coefficient (Wildman–Crippen LogP) is 1.43.